The molecular formula is C39H37FN4O7. The zero-order valence-corrected chi connectivity index (χ0v) is 28.4. The molecule has 6 aromatic rings. The van der Waals surface area contributed by atoms with Gasteiger partial charge in [-0.25, -0.2) is 19.0 Å². The van der Waals surface area contributed by atoms with Crippen LogP contribution in [0.25, 0.3) is 27.4 Å². The van der Waals surface area contributed by atoms with E-state index in [0.717, 1.165) is 29.2 Å². The summed E-state index contributed by atoms with van der Waals surface area (Å²) >= 11 is 0. The number of halogens is 1. The SMILES string of the molecule is COCCOc1cc2ncnc(Oc3ccc(CC(=O)c4c5n(n(-c6ccccc6F)c4=O)CCCC5)c4ccccc34)c2cc1OCCOC. The zero-order valence-electron chi connectivity index (χ0n) is 28.4. The first-order chi connectivity index (χ1) is 25.0. The number of aromatic nitrogens is 4. The van der Waals surface area contributed by atoms with E-state index in [9.17, 15) is 14.0 Å². The first kappa shape index (κ1) is 33.9. The third-order valence-corrected chi connectivity index (χ3v) is 8.93. The van der Waals surface area contributed by atoms with Gasteiger partial charge in [0.1, 0.15) is 42.4 Å². The van der Waals surface area contributed by atoms with Crippen molar-refractivity contribution in [2.45, 2.75) is 32.2 Å². The summed E-state index contributed by atoms with van der Waals surface area (Å²) in [6.07, 6.45) is 3.65. The lowest BCUT2D eigenvalue weighted by atomic mass is 9.96. The zero-order chi connectivity index (χ0) is 35.3. The number of Topliss-reactive ketones (excluding diaryl/α,β-unsaturated/α-hetero) is 1. The van der Waals surface area contributed by atoms with Crippen molar-refractivity contribution < 1.29 is 32.9 Å². The summed E-state index contributed by atoms with van der Waals surface area (Å²) in [7, 11) is 3.20. The monoisotopic (exact) mass is 692 g/mol. The Bertz CT molecular complexity index is 2280. The van der Waals surface area contributed by atoms with Crippen LogP contribution in [0, 0.1) is 5.82 Å². The number of hydrogen-bond acceptors (Lipinski definition) is 9. The third-order valence-electron chi connectivity index (χ3n) is 8.93. The van der Waals surface area contributed by atoms with Crippen molar-refractivity contribution in [3.63, 3.8) is 0 Å². The second kappa shape index (κ2) is 15.1. The molecule has 4 aromatic carbocycles. The number of ether oxygens (including phenoxy) is 5. The first-order valence-corrected chi connectivity index (χ1v) is 16.8. The van der Waals surface area contributed by atoms with Crippen LogP contribution in [0.4, 0.5) is 4.39 Å². The lowest BCUT2D eigenvalue weighted by molar-refractivity contribution is 0.0991. The Morgan fingerprint density at radius 3 is 2.29 bits per heavy atom. The lowest BCUT2D eigenvalue weighted by Crippen LogP contribution is -2.25. The minimum atomic E-state index is -0.520. The standard InChI is InChI=1S/C39H37FN4O7/c1-47-17-19-49-35-22-28-30(23-36(35)50-20-18-48-2)41-24-42-38(28)51-34-15-14-25(26-9-3-4-10-27(26)34)21-33(45)37-32-13-7-8-16-43(32)44(39(37)46)31-12-6-5-11-29(31)40/h3-6,9-12,14-15,22-24H,7-8,13,16-21H2,1-2H3. The predicted molar refractivity (Wildman–Crippen MR) is 189 cm³/mol. The molecule has 0 bridgehead atoms. The molecule has 262 valence electrons. The molecule has 0 saturated carbocycles. The number of methoxy groups -OCH3 is 2. The van der Waals surface area contributed by atoms with E-state index in [0.29, 0.717) is 79.1 Å². The van der Waals surface area contributed by atoms with Gasteiger partial charge >= 0.3 is 0 Å². The van der Waals surface area contributed by atoms with Crippen LogP contribution in [-0.4, -0.2) is 65.8 Å². The molecule has 0 saturated heterocycles. The Morgan fingerprint density at radius 2 is 1.53 bits per heavy atom. The van der Waals surface area contributed by atoms with Gasteiger partial charge in [-0.2, -0.15) is 0 Å². The molecular weight excluding hydrogens is 655 g/mol. The quantitative estimate of drug-likeness (QED) is 0.0935. The van der Waals surface area contributed by atoms with Gasteiger partial charge in [-0.1, -0.05) is 42.5 Å². The number of rotatable bonds is 14. The minimum Gasteiger partial charge on any atom is -0.487 e. The molecule has 1 aliphatic heterocycles. The maximum atomic E-state index is 14.9. The van der Waals surface area contributed by atoms with E-state index in [1.165, 1.54) is 17.1 Å². The summed E-state index contributed by atoms with van der Waals surface area (Å²) in [4.78, 5) is 36.8. The van der Waals surface area contributed by atoms with Gasteiger partial charge in [-0.3, -0.25) is 14.3 Å². The van der Waals surface area contributed by atoms with Gasteiger partial charge in [0.15, 0.2) is 17.3 Å². The fourth-order valence-electron chi connectivity index (χ4n) is 6.53. The Hall–Kier alpha value is -5.59. The molecule has 51 heavy (non-hydrogen) atoms. The fourth-order valence-corrected chi connectivity index (χ4v) is 6.53. The minimum absolute atomic E-state index is 0.0191. The van der Waals surface area contributed by atoms with Gasteiger partial charge < -0.3 is 23.7 Å². The second-order valence-corrected chi connectivity index (χ2v) is 12.1. The van der Waals surface area contributed by atoms with Crippen LogP contribution in [0.3, 0.4) is 0 Å². The van der Waals surface area contributed by atoms with Crippen molar-refractivity contribution in [3.05, 3.63) is 112 Å². The maximum absolute atomic E-state index is 14.9. The van der Waals surface area contributed by atoms with Gasteiger partial charge in [-0.15, -0.1) is 0 Å². The van der Waals surface area contributed by atoms with Crippen LogP contribution in [0.5, 0.6) is 23.1 Å². The molecule has 7 rings (SSSR count). The molecule has 2 aromatic heterocycles. The van der Waals surface area contributed by atoms with Crippen molar-refractivity contribution in [1.82, 2.24) is 19.3 Å². The number of carbonyl (C=O) groups is 1. The maximum Gasteiger partial charge on any atom is 0.282 e. The number of carbonyl (C=O) groups excluding carboxylic acids is 1. The Kier molecular flexibility index (Phi) is 10.0. The summed E-state index contributed by atoms with van der Waals surface area (Å²) in [5.74, 6) is 0.982. The van der Waals surface area contributed by atoms with E-state index < -0.39 is 11.4 Å². The molecule has 0 fully saturated rings. The van der Waals surface area contributed by atoms with Crippen molar-refractivity contribution in [1.29, 1.82) is 0 Å². The number of hydrogen-bond donors (Lipinski definition) is 0. The van der Waals surface area contributed by atoms with Crippen molar-refractivity contribution in [3.8, 4) is 28.8 Å². The lowest BCUT2D eigenvalue weighted by Gasteiger charge is -2.19. The molecule has 0 amide bonds. The second-order valence-electron chi connectivity index (χ2n) is 12.1. The molecule has 11 nitrogen and oxygen atoms in total. The Morgan fingerprint density at radius 1 is 0.804 bits per heavy atom. The van der Waals surface area contributed by atoms with Gasteiger partial charge in [0.05, 0.1) is 29.8 Å². The molecule has 0 atom stereocenters. The average Bonchev–Trinajstić information content (AvgIpc) is 3.44. The third kappa shape index (κ3) is 6.80. The molecule has 0 N–H and O–H groups in total. The number of fused-ring (bicyclic) bond motifs is 3. The predicted octanol–water partition coefficient (Wildman–Crippen LogP) is 6.48. The summed E-state index contributed by atoms with van der Waals surface area (Å²) < 4.78 is 46.6. The first-order valence-electron chi connectivity index (χ1n) is 16.8. The number of benzene rings is 4. The summed E-state index contributed by atoms with van der Waals surface area (Å²) in [6, 6.07) is 20.9. The highest BCUT2D eigenvalue weighted by Gasteiger charge is 2.29. The summed E-state index contributed by atoms with van der Waals surface area (Å²) in [6.45, 7) is 1.96. The number of ketones is 1. The van der Waals surface area contributed by atoms with Gasteiger partial charge in [-0.05, 0) is 54.5 Å². The van der Waals surface area contributed by atoms with Crippen LogP contribution in [0.1, 0.15) is 34.5 Å². The smallest absolute Gasteiger partial charge is 0.282 e. The Balaban J connectivity index is 1.22. The topological polar surface area (TPSA) is 116 Å². The summed E-state index contributed by atoms with van der Waals surface area (Å²) in [5.41, 5.74) is 1.72. The largest absolute Gasteiger partial charge is 0.487 e. The van der Waals surface area contributed by atoms with Gasteiger partial charge in [0, 0.05) is 38.6 Å². The molecule has 1 aliphatic rings. The molecule has 0 spiro atoms. The number of nitrogens with zero attached hydrogens (tertiary/aromatic N) is 4. The molecule has 0 unspecified atom stereocenters. The van der Waals surface area contributed by atoms with Crippen LogP contribution in [0.2, 0.25) is 0 Å². The van der Waals surface area contributed by atoms with Crippen LogP contribution < -0.4 is 19.8 Å². The highest BCUT2D eigenvalue weighted by molar-refractivity contribution is 6.02. The highest BCUT2D eigenvalue weighted by atomic mass is 19.1. The van der Waals surface area contributed by atoms with Gasteiger partial charge in [0.25, 0.3) is 5.56 Å². The average molecular weight is 693 g/mol. The molecule has 3 heterocycles. The highest BCUT2D eigenvalue weighted by Crippen LogP contribution is 2.38. The normalized spacial score (nSPS) is 12.6. The van der Waals surface area contributed by atoms with Crippen LogP contribution >= 0.6 is 0 Å². The molecule has 12 heteroatoms. The fraction of sp³-hybridized carbons (Fsp3) is 0.282. The Labute approximate surface area is 293 Å². The van der Waals surface area contributed by atoms with E-state index in [1.807, 2.05) is 30.3 Å². The molecule has 0 aliphatic carbocycles. The van der Waals surface area contributed by atoms with E-state index >= 15 is 0 Å². The van der Waals surface area contributed by atoms with E-state index in [1.54, 1.807) is 55.3 Å². The van der Waals surface area contributed by atoms with Crippen molar-refractivity contribution >= 4 is 27.5 Å². The van der Waals surface area contributed by atoms with Crippen molar-refractivity contribution in [2.75, 3.05) is 40.6 Å². The molecule has 0 radical (unpaired) electrons. The van der Waals surface area contributed by atoms with E-state index in [4.69, 9.17) is 23.7 Å². The van der Waals surface area contributed by atoms with Crippen LogP contribution in [-0.2, 0) is 28.9 Å². The van der Waals surface area contributed by atoms with E-state index in [-0.39, 0.29) is 23.5 Å². The van der Waals surface area contributed by atoms with Crippen molar-refractivity contribution in [2.24, 2.45) is 0 Å². The van der Waals surface area contributed by atoms with Gasteiger partial charge in [0.2, 0.25) is 5.88 Å². The van der Waals surface area contributed by atoms with E-state index in [2.05, 4.69) is 9.97 Å². The van der Waals surface area contributed by atoms with Crippen LogP contribution in [0.15, 0.2) is 83.9 Å². The summed E-state index contributed by atoms with van der Waals surface area (Å²) in [5, 5.41) is 2.16. The number of para-hydroxylation sites is 1.